The first-order chi connectivity index (χ1) is 13.1. The predicted molar refractivity (Wildman–Crippen MR) is 121 cm³/mol. The van der Waals surface area contributed by atoms with E-state index in [1.807, 2.05) is 25.1 Å². The highest BCUT2D eigenvalue weighted by molar-refractivity contribution is 14.0. The molecule has 0 radical (unpaired) electrons. The molecule has 2 aromatic carbocycles. The predicted octanol–water partition coefficient (Wildman–Crippen LogP) is 3.92. The van der Waals surface area contributed by atoms with E-state index in [-0.39, 0.29) is 29.8 Å². The molecular formula is C20H26FIN4O2. The van der Waals surface area contributed by atoms with Crippen molar-refractivity contribution in [2.24, 2.45) is 4.99 Å². The van der Waals surface area contributed by atoms with Crippen molar-refractivity contribution in [3.63, 3.8) is 0 Å². The van der Waals surface area contributed by atoms with E-state index in [9.17, 15) is 9.18 Å². The van der Waals surface area contributed by atoms with Crippen molar-refractivity contribution in [2.75, 3.05) is 25.5 Å². The van der Waals surface area contributed by atoms with Crippen LogP contribution in [-0.2, 0) is 17.7 Å². The van der Waals surface area contributed by atoms with Crippen molar-refractivity contribution < 1.29 is 13.9 Å². The molecule has 0 bridgehead atoms. The Morgan fingerprint density at radius 2 is 1.82 bits per heavy atom. The van der Waals surface area contributed by atoms with E-state index in [1.165, 1.54) is 13.2 Å². The number of anilines is 1. The topological polar surface area (TPSA) is 74.8 Å². The van der Waals surface area contributed by atoms with Gasteiger partial charge >= 0.3 is 6.09 Å². The summed E-state index contributed by atoms with van der Waals surface area (Å²) < 4.78 is 18.2. The van der Waals surface area contributed by atoms with Gasteiger partial charge in [0.15, 0.2) is 5.96 Å². The van der Waals surface area contributed by atoms with Crippen LogP contribution in [-0.4, -0.2) is 32.3 Å². The summed E-state index contributed by atoms with van der Waals surface area (Å²) in [6, 6.07) is 14.1. The van der Waals surface area contributed by atoms with Gasteiger partial charge in [0, 0.05) is 18.8 Å². The summed E-state index contributed by atoms with van der Waals surface area (Å²) in [5.74, 6) is 0.479. The Labute approximate surface area is 182 Å². The number of hydrogen-bond acceptors (Lipinski definition) is 3. The summed E-state index contributed by atoms with van der Waals surface area (Å²) in [5, 5.41) is 8.98. The minimum atomic E-state index is -0.505. The van der Waals surface area contributed by atoms with Crippen LogP contribution in [0.25, 0.3) is 0 Å². The second-order valence-corrected chi connectivity index (χ2v) is 5.78. The van der Waals surface area contributed by atoms with Crippen LogP contribution in [0.1, 0.15) is 18.1 Å². The molecule has 152 valence electrons. The molecule has 0 heterocycles. The Hall–Kier alpha value is -2.36. The fourth-order valence-corrected chi connectivity index (χ4v) is 2.39. The zero-order valence-electron chi connectivity index (χ0n) is 16.0. The summed E-state index contributed by atoms with van der Waals surface area (Å²) in [4.78, 5) is 15.7. The van der Waals surface area contributed by atoms with Gasteiger partial charge in [0.1, 0.15) is 5.82 Å². The summed E-state index contributed by atoms with van der Waals surface area (Å²) in [6.07, 6.45) is 0.0691. The number of aliphatic imine (C=N–C) groups is 1. The number of amides is 1. The van der Waals surface area contributed by atoms with Crippen LogP contribution >= 0.6 is 24.0 Å². The Kier molecular flexibility index (Phi) is 10.9. The lowest BCUT2D eigenvalue weighted by molar-refractivity contribution is 0.187. The van der Waals surface area contributed by atoms with Crippen molar-refractivity contribution >= 4 is 41.7 Å². The number of nitrogens with zero attached hydrogens (tertiary/aromatic N) is 1. The third-order valence-electron chi connectivity index (χ3n) is 3.79. The molecule has 0 spiro atoms. The number of hydrogen-bond donors (Lipinski definition) is 3. The highest BCUT2D eigenvalue weighted by Crippen LogP contribution is 2.11. The van der Waals surface area contributed by atoms with Crippen LogP contribution in [0.2, 0.25) is 0 Å². The maximum Gasteiger partial charge on any atom is 0.411 e. The van der Waals surface area contributed by atoms with Crippen LogP contribution in [0.3, 0.4) is 0 Å². The van der Waals surface area contributed by atoms with E-state index in [0.29, 0.717) is 36.7 Å². The first-order valence-electron chi connectivity index (χ1n) is 8.82. The number of benzene rings is 2. The lowest BCUT2D eigenvalue weighted by atomic mass is 10.1. The summed E-state index contributed by atoms with van der Waals surface area (Å²) in [5.41, 5.74) is 2.33. The minimum Gasteiger partial charge on any atom is -0.453 e. The molecule has 0 atom stereocenters. The lowest BCUT2D eigenvalue weighted by Crippen LogP contribution is -2.38. The molecule has 0 aliphatic rings. The highest BCUT2D eigenvalue weighted by Gasteiger charge is 2.03. The van der Waals surface area contributed by atoms with Crippen molar-refractivity contribution in [2.45, 2.75) is 19.9 Å². The lowest BCUT2D eigenvalue weighted by Gasteiger charge is -2.12. The van der Waals surface area contributed by atoms with Gasteiger partial charge in [-0.15, -0.1) is 24.0 Å². The van der Waals surface area contributed by atoms with Crippen molar-refractivity contribution in [1.29, 1.82) is 0 Å². The van der Waals surface area contributed by atoms with E-state index >= 15 is 0 Å². The summed E-state index contributed by atoms with van der Waals surface area (Å²) in [6.45, 7) is 3.77. The second kappa shape index (κ2) is 12.9. The fourth-order valence-electron chi connectivity index (χ4n) is 2.39. The summed E-state index contributed by atoms with van der Waals surface area (Å²) >= 11 is 0. The molecule has 2 rings (SSSR count). The molecule has 1 amide bonds. The van der Waals surface area contributed by atoms with Crippen LogP contribution in [0.15, 0.2) is 53.5 Å². The summed E-state index contributed by atoms with van der Waals surface area (Å²) in [7, 11) is 1.32. The SMILES string of the molecule is CCNC(=NCc1ccc(NC(=O)OC)cc1)NCCc1ccccc1F.I. The molecule has 3 N–H and O–H groups in total. The highest BCUT2D eigenvalue weighted by atomic mass is 127. The number of rotatable bonds is 7. The molecule has 0 unspecified atom stereocenters. The maximum absolute atomic E-state index is 13.7. The van der Waals surface area contributed by atoms with Gasteiger partial charge in [-0.05, 0) is 42.7 Å². The van der Waals surface area contributed by atoms with E-state index in [4.69, 9.17) is 0 Å². The molecule has 8 heteroatoms. The van der Waals surface area contributed by atoms with Crippen molar-refractivity contribution in [3.8, 4) is 0 Å². The molecule has 0 aromatic heterocycles. The average Bonchev–Trinajstić information content (AvgIpc) is 2.68. The van der Waals surface area contributed by atoms with E-state index in [0.717, 1.165) is 12.1 Å². The van der Waals surface area contributed by atoms with Gasteiger partial charge in [-0.25, -0.2) is 14.2 Å². The van der Waals surface area contributed by atoms with Gasteiger partial charge in [0.25, 0.3) is 0 Å². The molecule has 28 heavy (non-hydrogen) atoms. The Bertz CT molecular complexity index is 769. The zero-order chi connectivity index (χ0) is 19.5. The Morgan fingerprint density at radius 3 is 2.46 bits per heavy atom. The molecular weight excluding hydrogens is 474 g/mol. The van der Waals surface area contributed by atoms with Crippen molar-refractivity contribution in [3.05, 3.63) is 65.5 Å². The average molecular weight is 500 g/mol. The number of carbonyl (C=O) groups excluding carboxylic acids is 1. The Balaban J connectivity index is 0.00000392. The molecule has 2 aromatic rings. The minimum absolute atomic E-state index is 0. The van der Waals surface area contributed by atoms with Gasteiger partial charge in [0.2, 0.25) is 0 Å². The first-order valence-corrected chi connectivity index (χ1v) is 8.82. The third kappa shape index (κ3) is 8.12. The van der Waals surface area contributed by atoms with Gasteiger partial charge in [-0.3, -0.25) is 5.32 Å². The third-order valence-corrected chi connectivity index (χ3v) is 3.79. The molecule has 0 saturated heterocycles. The number of halogens is 2. The number of nitrogens with one attached hydrogen (secondary N) is 3. The smallest absolute Gasteiger partial charge is 0.411 e. The van der Waals surface area contributed by atoms with E-state index < -0.39 is 6.09 Å². The first kappa shape index (κ1) is 23.7. The normalized spacial score (nSPS) is 10.6. The zero-order valence-corrected chi connectivity index (χ0v) is 18.3. The van der Waals surface area contributed by atoms with E-state index in [1.54, 1.807) is 24.3 Å². The van der Waals surface area contributed by atoms with Gasteiger partial charge in [0.05, 0.1) is 13.7 Å². The molecule has 6 nitrogen and oxygen atoms in total. The van der Waals surface area contributed by atoms with Crippen LogP contribution in [0, 0.1) is 5.82 Å². The largest absolute Gasteiger partial charge is 0.453 e. The monoisotopic (exact) mass is 500 g/mol. The van der Waals surface area contributed by atoms with Crippen molar-refractivity contribution in [1.82, 2.24) is 10.6 Å². The van der Waals surface area contributed by atoms with Crippen LogP contribution < -0.4 is 16.0 Å². The van der Waals surface area contributed by atoms with E-state index in [2.05, 4.69) is 25.7 Å². The van der Waals surface area contributed by atoms with Crippen LogP contribution in [0.4, 0.5) is 14.9 Å². The molecule has 0 aliphatic carbocycles. The van der Waals surface area contributed by atoms with Gasteiger partial charge < -0.3 is 15.4 Å². The second-order valence-electron chi connectivity index (χ2n) is 5.78. The molecule has 0 saturated carbocycles. The number of methoxy groups -OCH3 is 1. The van der Waals surface area contributed by atoms with Crippen LogP contribution in [0.5, 0.6) is 0 Å². The maximum atomic E-state index is 13.7. The number of carbonyl (C=O) groups is 1. The molecule has 0 fully saturated rings. The van der Waals surface area contributed by atoms with Gasteiger partial charge in [-0.1, -0.05) is 30.3 Å². The quantitative estimate of drug-likeness (QED) is 0.306. The molecule has 0 aliphatic heterocycles. The van der Waals surface area contributed by atoms with Gasteiger partial charge in [-0.2, -0.15) is 0 Å². The number of guanidine groups is 1. The number of ether oxygens (including phenoxy) is 1. The standard InChI is InChI=1S/C20H25FN4O2.HI/c1-3-22-19(23-13-12-16-6-4-5-7-18(16)21)24-14-15-8-10-17(11-9-15)25-20(26)27-2;/h4-11H,3,12-14H2,1-2H3,(H,25,26)(H2,22,23,24);1H. The fraction of sp³-hybridized carbons (Fsp3) is 0.300. The Morgan fingerprint density at radius 1 is 1.11 bits per heavy atom.